The summed E-state index contributed by atoms with van der Waals surface area (Å²) in [6.45, 7) is 3.76. The molecule has 0 N–H and O–H groups in total. The second kappa shape index (κ2) is 16.0. The van der Waals surface area contributed by atoms with Crippen LogP contribution in [-0.2, 0) is 26.0 Å². The molecule has 238 valence electrons. The van der Waals surface area contributed by atoms with Crippen LogP contribution in [0.25, 0.3) is 10.8 Å². The third-order valence-electron chi connectivity index (χ3n) is 9.63. The van der Waals surface area contributed by atoms with E-state index in [-0.39, 0.29) is 12.4 Å². The third-order valence-corrected chi connectivity index (χ3v) is 9.63. The number of benzene rings is 6. The number of halogens is 1. The summed E-state index contributed by atoms with van der Waals surface area (Å²) in [5.41, 5.74) is 8.34. The maximum Gasteiger partial charge on any atom is 0.120 e. The zero-order valence-corrected chi connectivity index (χ0v) is 27.8. The van der Waals surface area contributed by atoms with Crippen molar-refractivity contribution in [3.05, 3.63) is 185 Å². The molecule has 0 radical (unpaired) electrons. The van der Waals surface area contributed by atoms with Gasteiger partial charge in [-0.3, -0.25) is 4.90 Å². The van der Waals surface area contributed by atoms with Crippen LogP contribution in [0.1, 0.15) is 52.1 Å². The van der Waals surface area contributed by atoms with Crippen LogP contribution >= 0.6 is 12.4 Å². The Morgan fingerprint density at radius 1 is 0.617 bits per heavy atom. The maximum absolute atomic E-state index is 6.28. The van der Waals surface area contributed by atoms with Gasteiger partial charge in [-0.2, -0.15) is 0 Å². The van der Waals surface area contributed by atoms with E-state index < -0.39 is 0 Å². The van der Waals surface area contributed by atoms with Crippen molar-refractivity contribution in [2.24, 2.45) is 5.92 Å². The first-order valence-corrected chi connectivity index (χ1v) is 16.9. The molecule has 0 fully saturated rings. The van der Waals surface area contributed by atoms with Crippen molar-refractivity contribution in [3.63, 3.8) is 0 Å². The molecule has 0 saturated heterocycles. The van der Waals surface area contributed by atoms with Gasteiger partial charge in [0.25, 0.3) is 0 Å². The monoisotopic (exact) mass is 637 g/mol. The summed E-state index contributed by atoms with van der Waals surface area (Å²) in [6, 6.07) is 55.0. The molecule has 47 heavy (non-hydrogen) atoms. The Balaban J connectivity index is 0.00000386. The molecular weight excluding hydrogens is 594 g/mol. The fourth-order valence-corrected chi connectivity index (χ4v) is 7.20. The Hall–Kier alpha value is -4.37. The van der Waals surface area contributed by atoms with Crippen molar-refractivity contribution in [3.8, 4) is 5.75 Å². The molecule has 7 rings (SSSR count). The van der Waals surface area contributed by atoms with Crippen LogP contribution in [0.3, 0.4) is 0 Å². The zero-order valence-electron chi connectivity index (χ0n) is 27.0. The predicted molar refractivity (Wildman–Crippen MR) is 199 cm³/mol. The molecule has 0 saturated carbocycles. The number of aryl methyl sites for hydroxylation is 1. The number of fused-ring (bicyclic) bond motifs is 2. The van der Waals surface area contributed by atoms with Crippen LogP contribution in [0.15, 0.2) is 152 Å². The fourth-order valence-electron chi connectivity index (χ4n) is 7.20. The number of hydrogen-bond acceptors (Lipinski definition) is 2. The standard InChI is InChI=1S/C44H43NO.ClH/c1-4-12-34(13-5-1)31-45(27-26-44(38-15-6-2-7-16-38)39-17-8-3-9-18-39)32-35-20-23-42-30-43(25-24-41(42)28-35)46-33-36-21-22-37-14-10-11-19-40(37)29-36;/h1-19,21-22,24-25,29-30,35,44H,20,23,26-28,31-33H2;1H. The topological polar surface area (TPSA) is 12.5 Å². The van der Waals surface area contributed by atoms with Crippen molar-refractivity contribution >= 4 is 23.2 Å². The summed E-state index contributed by atoms with van der Waals surface area (Å²) in [6.07, 6.45) is 4.56. The van der Waals surface area contributed by atoms with Crippen molar-refractivity contribution in [2.75, 3.05) is 13.1 Å². The molecule has 6 aromatic rings. The van der Waals surface area contributed by atoms with E-state index in [2.05, 4.69) is 157 Å². The molecule has 6 aromatic carbocycles. The summed E-state index contributed by atoms with van der Waals surface area (Å²) in [7, 11) is 0. The molecule has 1 unspecified atom stereocenters. The second-order valence-corrected chi connectivity index (χ2v) is 12.9. The Morgan fingerprint density at radius 2 is 1.28 bits per heavy atom. The summed E-state index contributed by atoms with van der Waals surface area (Å²) < 4.78 is 6.28. The van der Waals surface area contributed by atoms with Crippen LogP contribution in [0, 0.1) is 5.92 Å². The van der Waals surface area contributed by atoms with Gasteiger partial charge in [-0.15, -0.1) is 12.4 Å². The highest BCUT2D eigenvalue weighted by molar-refractivity contribution is 5.85. The minimum Gasteiger partial charge on any atom is -0.489 e. The van der Waals surface area contributed by atoms with E-state index in [1.54, 1.807) is 0 Å². The van der Waals surface area contributed by atoms with Crippen LogP contribution in [-0.4, -0.2) is 18.0 Å². The SMILES string of the molecule is Cl.c1ccc(CN(CCC(c2ccccc2)c2ccccc2)CC2CCc3cc(OCc4ccc5ccccc5c4)ccc3C2)cc1. The fraction of sp³-hybridized carbons (Fsp3) is 0.227. The van der Waals surface area contributed by atoms with Gasteiger partial charge in [-0.1, -0.05) is 133 Å². The molecule has 0 heterocycles. The summed E-state index contributed by atoms with van der Waals surface area (Å²) >= 11 is 0. The number of nitrogens with zero attached hydrogens (tertiary/aromatic N) is 1. The Kier molecular flexibility index (Phi) is 11.1. The molecule has 1 aliphatic rings. The minimum absolute atomic E-state index is 0. The van der Waals surface area contributed by atoms with Gasteiger partial charge in [-0.25, -0.2) is 0 Å². The van der Waals surface area contributed by atoms with E-state index in [1.165, 1.54) is 50.6 Å². The van der Waals surface area contributed by atoms with Gasteiger partial charge in [0.2, 0.25) is 0 Å². The lowest BCUT2D eigenvalue weighted by Crippen LogP contribution is -2.33. The van der Waals surface area contributed by atoms with Crippen LogP contribution in [0.4, 0.5) is 0 Å². The molecule has 1 atom stereocenters. The molecule has 3 heteroatoms. The van der Waals surface area contributed by atoms with Gasteiger partial charge < -0.3 is 4.74 Å². The molecule has 1 aliphatic carbocycles. The van der Waals surface area contributed by atoms with Gasteiger partial charge in [-0.05, 0) is 100 Å². The summed E-state index contributed by atoms with van der Waals surface area (Å²) in [5.74, 6) is 2.01. The van der Waals surface area contributed by atoms with E-state index in [9.17, 15) is 0 Å². The maximum atomic E-state index is 6.28. The van der Waals surface area contributed by atoms with E-state index in [1.807, 2.05) is 0 Å². The third kappa shape index (κ3) is 8.51. The smallest absolute Gasteiger partial charge is 0.120 e. The second-order valence-electron chi connectivity index (χ2n) is 12.9. The van der Waals surface area contributed by atoms with Crippen LogP contribution in [0.2, 0.25) is 0 Å². The highest BCUT2D eigenvalue weighted by atomic mass is 35.5. The Morgan fingerprint density at radius 3 is 2.00 bits per heavy atom. The lowest BCUT2D eigenvalue weighted by Gasteiger charge is -2.32. The van der Waals surface area contributed by atoms with Gasteiger partial charge in [0.05, 0.1) is 0 Å². The van der Waals surface area contributed by atoms with Crippen LogP contribution < -0.4 is 4.74 Å². The lowest BCUT2D eigenvalue weighted by atomic mass is 9.83. The normalized spacial score (nSPS) is 14.1. The number of ether oxygens (including phenoxy) is 1. The quantitative estimate of drug-likeness (QED) is 0.132. The average molecular weight is 638 g/mol. The first-order valence-electron chi connectivity index (χ1n) is 16.9. The molecule has 0 bridgehead atoms. The molecule has 2 nitrogen and oxygen atoms in total. The first kappa shape index (κ1) is 32.6. The number of rotatable bonds is 12. The Labute approximate surface area is 286 Å². The zero-order chi connectivity index (χ0) is 31.0. The molecule has 0 aromatic heterocycles. The van der Waals surface area contributed by atoms with E-state index >= 15 is 0 Å². The van der Waals surface area contributed by atoms with Crippen molar-refractivity contribution < 1.29 is 4.74 Å². The highest BCUT2D eigenvalue weighted by Crippen LogP contribution is 2.32. The number of hydrogen-bond donors (Lipinski definition) is 0. The minimum atomic E-state index is 0. The molecule has 0 amide bonds. The molecule has 0 aliphatic heterocycles. The molecular formula is C44H44ClNO. The average Bonchev–Trinajstić information content (AvgIpc) is 3.12. The van der Waals surface area contributed by atoms with Crippen molar-refractivity contribution in [2.45, 2.75) is 44.8 Å². The Bertz CT molecular complexity index is 1800. The summed E-state index contributed by atoms with van der Waals surface area (Å²) in [5, 5.41) is 2.53. The van der Waals surface area contributed by atoms with E-state index in [0.29, 0.717) is 18.4 Å². The largest absolute Gasteiger partial charge is 0.489 e. The highest BCUT2D eigenvalue weighted by Gasteiger charge is 2.23. The van der Waals surface area contributed by atoms with E-state index in [4.69, 9.17) is 4.74 Å². The predicted octanol–water partition coefficient (Wildman–Crippen LogP) is 10.7. The van der Waals surface area contributed by atoms with E-state index in [0.717, 1.165) is 44.6 Å². The van der Waals surface area contributed by atoms with Gasteiger partial charge >= 0.3 is 0 Å². The van der Waals surface area contributed by atoms with Crippen molar-refractivity contribution in [1.29, 1.82) is 0 Å². The van der Waals surface area contributed by atoms with Gasteiger partial charge in [0.1, 0.15) is 12.4 Å². The lowest BCUT2D eigenvalue weighted by molar-refractivity contribution is 0.207. The van der Waals surface area contributed by atoms with Gasteiger partial charge in [0.15, 0.2) is 0 Å². The first-order chi connectivity index (χ1) is 22.8. The van der Waals surface area contributed by atoms with Crippen molar-refractivity contribution in [1.82, 2.24) is 4.90 Å². The summed E-state index contributed by atoms with van der Waals surface area (Å²) in [4.78, 5) is 2.71. The van der Waals surface area contributed by atoms with Crippen LogP contribution in [0.5, 0.6) is 5.75 Å². The van der Waals surface area contributed by atoms with Gasteiger partial charge in [0, 0.05) is 19.0 Å². The molecule has 0 spiro atoms.